The Labute approximate surface area is 109 Å². The molecule has 0 atom stereocenters. The third-order valence-electron chi connectivity index (χ3n) is 2.91. The Morgan fingerprint density at radius 1 is 0.529 bits per heavy atom. The summed E-state index contributed by atoms with van der Waals surface area (Å²) in [4.78, 5) is 0. The molecule has 17 heavy (non-hydrogen) atoms. The summed E-state index contributed by atoms with van der Waals surface area (Å²) < 4.78 is 0. The molecule has 0 spiro atoms. The van der Waals surface area contributed by atoms with Gasteiger partial charge < -0.3 is 0 Å². The van der Waals surface area contributed by atoms with Crippen LogP contribution in [-0.2, 0) is 0 Å². The van der Waals surface area contributed by atoms with Crippen molar-refractivity contribution in [2.75, 3.05) is 24.6 Å². The maximum Gasteiger partial charge on any atom is 0.0782 e. The maximum atomic E-state index is 2.35. The highest BCUT2D eigenvalue weighted by Crippen LogP contribution is 2.59. The Morgan fingerprint density at radius 2 is 0.765 bits per heavy atom. The summed E-state index contributed by atoms with van der Waals surface area (Å²) in [6, 6.07) is 0. The van der Waals surface area contributed by atoms with Crippen molar-refractivity contribution in [1.29, 1.82) is 0 Å². The molecule has 0 aromatic carbocycles. The second kappa shape index (κ2) is 10.5. The van der Waals surface area contributed by atoms with E-state index in [1.165, 1.54) is 24.6 Å². The zero-order chi connectivity index (χ0) is 13.0. The fourth-order valence-electron chi connectivity index (χ4n) is 1.76. The van der Waals surface area contributed by atoms with E-state index in [1.807, 2.05) is 0 Å². The fraction of sp³-hybridized carbons (Fsp3) is 0.500. The second-order valence-electron chi connectivity index (χ2n) is 4.35. The van der Waals surface area contributed by atoms with Crippen LogP contribution in [0.5, 0.6) is 0 Å². The van der Waals surface area contributed by atoms with Gasteiger partial charge in [0.2, 0.25) is 0 Å². The first-order valence-electron chi connectivity index (χ1n) is 6.54. The van der Waals surface area contributed by atoms with Gasteiger partial charge in [0, 0.05) is 7.26 Å². The van der Waals surface area contributed by atoms with E-state index in [0.29, 0.717) is 0 Å². The molecule has 0 aliphatic carbocycles. The van der Waals surface area contributed by atoms with Crippen LogP contribution in [0.15, 0.2) is 48.6 Å². The third kappa shape index (κ3) is 7.34. The summed E-state index contributed by atoms with van der Waals surface area (Å²) in [6.45, 7) is 8.48. The van der Waals surface area contributed by atoms with E-state index in [2.05, 4.69) is 76.3 Å². The van der Waals surface area contributed by atoms with E-state index in [0.717, 1.165) is 0 Å². The van der Waals surface area contributed by atoms with Gasteiger partial charge >= 0.3 is 0 Å². The monoisotopic (exact) mass is 251 g/mol. The van der Waals surface area contributed by atoms with Gasteiger partial charge in [-0.2, -0.15) is 0 Å². The van der Waals surface area contributed by atoms with Crippen LogP contribution in [-0.4, -0.2) is 24.6 Å². The molecule has 0 nitrogen and oxygen atoms in total. The minimum atomic E-state index is -0.909. The van der Waals surface area contributed by atoms with Crippen LogP contribution >= 0.6 is 7.26 Å². The summed E-state index contributed by atoms with van der Waals surface area (Å²) in [5.74, 6) is 0. The Bertz CT molecular complexity index is 220. The van der Waals surface area contributed by atoms with Crippen LogP contribution in [0.4, 0.5) is 0 Å². The first kappa shape index (κ1) is 16.4. The molecule has 0 aromatic rings. The predicted octanol–water partition coefficient (Wildman–Crippen LogP) is 5.31. The number of rotatable bonds is 8. The molecule has 0 rings (SSSR count). The van der Waals surface area contributed by atoms with E-state index < -0.39 is 7.26 Å². The fourth-order valence-corrected chi connectivity index (χ4v) is 5.29. The van der Waals surface area contributed by atoms with Crippen LogP contribution in [0.1, 0.15) is 27.7 Å². The molecule has 0 fully saturated rings. The molecule has 0 unspecified atom stereocenters. The highest BCUT2D eigenvalue weighted by atomic mass is 31.2. The van der Waals surface area contributed by atoms with Gasteiger partial charge in [-0.3, -0.25) is 0 Å². The number of allylic oxidation sites excluding steroid dienone is 8. The van der Waals surface area contributed by atoms with Crippen molar-refractivity contribution in [3.63, 3.8) is 0 Å². The zero-order valence-electron chi connectivity index (χ0n) is 11.9. The normalized spacial score (nSPS) is 16.7. The van der Waals surface area contributed by atoms with Gasteiger partial charge in [-0.15, -0.1) is 0 Å². The van der Waals surface area contributed by atoms with Crippen LogP contribution in [0.3, 0.4) is 0 Å². The minimum Gasteiger partial charge on any atom is -0.0881 e. The van der Waals surface area contributed by atoms with Crippen LogP contribution in [0.2, 0.25) is 0 Å². The summed E-state index contributed by atoms with van der Waals surface area (Å²) >= 11 is 0. The Kier molecular flexibility index (Phi) is 10.2. The standard InChI is InChI=1S/C16H28P/c1-5-9-13-17(14-10-6-2,15-11-7-3)16-12-8-4/h5-12H,13-16H2,1-4H3/q+1. The van der Waals surface area contributed by atoms with Crippen molar-refractivity contribution >= 4 is 7.26 Å². The van der Waals surface area contributed by atoms with Crippen molar-refractivity contribution in [2.24, 2.45) is 0 Å². The van der Waals surface area contributed by atoms with Crippen molar-refractivity contribution in [2.45, 2.75) is 27.7 Å². The van der Waals surface area contributed by atoms with E-state index in [9.17, 15) is 0 Å². The molecule has 0 aliphatic heterocycles. The Balaban J connectivity index is 4.87. The lowest BCUT2D eigenvalue weighted by Crippen LogP contribution is -2.08. The Morgan fingerprint density at radius 3 is 0.941 bits per heavy atom. The summed E-state index contributed by atoms with van der Waals surface area (Å²) in [7, 11) is -0.909. The van der Waals surface area contributed by atoms with Crippen LogP contribution in [0, 0.1) is 0 Å². The van der Waals surface area contributed by atoms with Gasteiger partial charge in [0.15, 0.2) is 0 Å². The highest BCUT2D eigenvalue weighted by Gasteiger charge is 2.31. The minimum absolute atomic E-state index is 0.909. The van der Waals surface area contributed by atoms with Gasteiger partial charge in [-0.05, 0) is 27.7 Å². The molecule has 0 aromatic heterocycles. The van der Waals surface area contributed by atoms with E-state index in [-0.39, 0.29) is 0 Å². The zero-order valence-corrected chi connectivity index (χ0v) is 12.8. The molecule has 0 heterocycles. The lowest BCUT2D eigenvalue weighted by Gasteiger charge is -2.23. The first-order valence-corrected chi connectivity index (χ1v) is 9.07. The van der Waals surface area contributed by atoms with Crippen molar-refractivity contribution in [1.82, 2.24) is 0 Å². The molecule has 1 heteroatoms. The average Bonchev–Trinajstić information content (AvgIpc) is 2.37. The molecular weight excluding hydrogens is 223 g/mol. The quantitative estimate of drug-likeness (QED) is 0.405. The summed E-state index contributed by atoms with van der Waals surface area (Å²) in [6.07, 6.45) is 23.2. The van der Waals surface area contributed by atoms with Crippen LogP contribution in [0.25, 0.3) is 0 Å². The summed E-state index contributed by atoms with van der Waals surface area (Å²) in [5.41, 5.74) is 0. The second-order valence-corrected chi connectivity index (χ2v) is 8.49. The third-order valence-corrected chi connectivity index (χ3v) is 6.86. The van der Waals surface area contributed by atoms with Gasteiger partial charge in [0.05, 0.1) is 24.6 Å². The topological polar surface area (TPSA) is 0 Å². The molecule has 0 N–H and O–H groups in total. The SMILES string of the molecule is CC=CC[P+](CC=CC)(CC=CC)CC=CC. The molecule has 0 saturated carbocycles. The molecule has 0 amide bonds. The summed E-state index contributed by atoms with van der Waals surface area (Å²) in [5, 5.41) is 0. The van der Waals surface area contributed by atoms with Gasteiger partial charge in [0.25, 0.3) is 0 Å². The van der Waals surface area contributed by atoms with Gasteiger partial charge in [-0.25, -0.2) is 0 Å². The number of hydrogen-bond donors (Lipinski definition) is 0. The molecule has 96 valence electrons. The molecule has 0 aliphatic rings. The number of hydrogen-bond acceptors (Lipinski definition) is 0. The molecule has 0 bridgehead atoms. The Hall–Kier alpha value is -0.610. The predicted molar refractivity (Wildman–Crippen MR) is 85.6 cm³/mol. The molecule has 0 saturated heterocycles. The lowest BCUT2D eigenvalue weighted by atomic mass is 10.6. The first-order chi connectivity index (χ1) is 8.24. The van der Waals surface area contributed by atoms with Gasteiger partial charge in [0.1, 0.15) is 0 Å². The van der Waals surface area contributed by atoms with E-state index in [4.69, 9.17) is 0 Å². The maximum absolute atomic E-state index is 2.35. The molecule has 0 radical (unpaired) electrons. The highest BCUT2D eigenvalue weighted by molar-refractivity contribution is 7.76. The largest absolute Gasteiger partial charge is 0.0881 e. The van der Waals surface area contributed by atoms with Crippen molar-refractivity contribution < 1.29 is 0 Å². The average molecular weight is 251 g/mol. The van der Waals surface area contributed by atoms with Crippen LogP contribution < -0.4 is 0 Å². The smallest absolute Gasteiger partial charge is 0.0782 e. The van der Waals surface area contributed by atoms with E-state index >= 15 is 0 Å². The lowest BCUT2D eigenvalue weighted by molar-refractivity contribution is 1.42. The van der Waals surface area contributed by atoms with Crippen molar-refractivity contribution in [3.05, 3.63) is 48.6 Å². The van der Waals surface area contributed by atoms with E-state index in [1.54, 1.807) is 0 Å². The van der Waals surface area contributed by atoms with Gasteiger partial charge in [-0.1, -0.05) is 48.6 Å². The van der Waals surface area contributed by atoms with Crippen molar-refractivity contribution in [3.8, 4) is 0 Å². The molecular formula is C16H28P+.